The Morgan fingerprint density at radius 2 is 1.77 bits per heavy atom. The van der Waals surface area contributed by atoms with Crippen LogP contribution in [0.5, 0.6) is 5.75 Å². The molecule has 0 aromatic heterocycles. The second kappa shape index (κ2) is 9.48. The fraction of sp³-hybridized carbons (Fsp3) is 0.250. The average molecular weight is 355 g/mol. The van der Waals surface area contributed by atoms with Gasteiger partial charge in [0, 0.05) is 18.7 Å². The molecule has 0 bridgehead atoms. The van der Waals surface area contributed by atoms with Crippen LogP contribution in [0.3, 0.4) is 0 Å². The third-order valence-electron chi connectivity index (χ3n) is 3.52. The van der Waals surface area contributed by atoms with Crippen molar-refractivity contribution in [3.63, 3.8) is 0 Å². The first kappa shape index (κ1) is 19.3. The Bertz CT molecular complexity index is 773. The Labute approximate surface area is 152 Å². The predicted octanol–water partition coefficient (Wildman–Crippen LogP) is 2.70. The smallest absolute Gasteiger partial charge is 0.333 e. The van der Waals surface area contributed by atoms with Gasteiger partial charge in [0.25, 0.3) is 0 Å². The van der Waals surface area contributed by atoms with Crippen molar-refractivity contribution in [3.05, 3.63) is 65.7 Å². The Morgan fingerprint density at radius 1 is 1.12 bits per heavy atom. The quantitative estimate of drug-likeness (QED) is 0.469. The molecule has 136 valence electrons. The molecule has 26 heavy (non-hydrogen) atoms. The second-order valence-corrected chi connectivity index (χ2v) is 5.46. The number of hydrogen-bond donors (Lipinski definition) is 1. The number of aliphatic hydroxyl groups excluding tert-OH is 1. The van der Waals surface area contributed by atoms with Gasteiger partial charge in [0.15, 0.2) is 6.04 Å². The fourth-order valence-corrected chi connectivity index (χ4v) is 2.33. The van der Waals surface area contributed by atoms with Crippen LogP contribution in [-0.4, -0.2) is 35.9 Å². The van der Waals surface area contributed by atoms with Gasteiger partial charge in [0.05, 0.1) is 6.61 Å². The first-order valence-electron chi connectivity index (χ1n) is 8.23. The summed E-state index contributed by atoms with van der Waals surface area (Å²) in [6, 6.07) is 14.4. The average Bonchev–Trinajstić information content (AvgIpc) is 2.63. The molecule has 1 unspecified atom stereocenters. The monoisotopic (exact) mass is 355 g/mol. The zero-order chi connectivity index (χ0) is 18.9. The lowest BCUT2D eigenvalue weighted by atomic mass is 10.0. The minimum atomic E-state index is -1.16. The molecule has 2 rings (SSSR count). The van der Waals surface area contributed by atoms with E-state index < -0.39 is 24.1 Å². The van der Waals surface area contributed by atoms with Crippen LogP contribution in [0.15, 0.2) is 59.6 Å². The largest absolute Gasteiger partial charge is 0.464 e. The second-order valence-electron chi connectivity index (χ2n) is 5.46. The molecule has 2 aromatic rings. The number of para-hydroxylation sites is 1. The van der Waals surface area contributed by atoms with Crippen molar-refractivity contribution in [1.82, 2.24) is 0 Å². The van der Waals surface area contributed by atoms with E-state index in [2.05, 4.69) is 4.99 Å². The molecule has 0 saturated heterocycles. The molecule has 0 aliphatic carbocycles. The predicted molar refractivity (Wildman–Crippen MR) is 97.2 cm³/mol. The molecule has 0 saturated carbocycles. The van der Waals surface area contributed by atoms with Gasteiger partial charge in [-0.25, -0.2) is 4.79 Å². The lowest BCUT2D eigenvalue weighted by molar-refractivity contribution is -0.147. The van der Waals surface area contributed by atoms with Gasteiger partial charge < -0.3 is 14.6 Å². The van der Waals surface area contributed by atoms with Gasteiger partial charge in [-0.15, -0.1) is 0 Å². The van der Waals surface area contributed by atoms with E-state index >= 15 is 0 Å². The summed E-state index contributed by atoms with van der Waals surface area (Å²) in [7, 11) is 0. The van der Waals surface area contributed by atoms with Crippen LogP contribution in [0.25, 0.3) is 0 Å². The highest BCUT2D eigenvalue weighted by atomic mass is 16.5. The maximum absolute atomic E-state index is 12.3. The number of benzene rings is 2. The van der Waals surface area contributed by atoms with Crippen molar-refractivity contribution >= 4 is 18.2 Å². The molecule has 0 aliphatic rings. The minimum Gasteiger partial charge on any atom is -0.464 e. The molecule has 1 N–H and O–H groups in total. The highest BCUT2D eigenvalue weighted by Crippen LogP contribution is 2.22. The Hall–Kier alpha value is -2.99. The van der Waals surface area contributed by atoms with Gasteiger partial charge in [0.2, 0.25) is 0 Å². The van der Waals surface area contributed by atoms with E-state index in [0.29, 0.717) is 16.9 Å². The molecule has 2 aromatic carbocycles. The number of hydrogen-bond acceptors (Lipinski definition) is 6. The van der Waals surface area contributed by atoms with Gasteiger partial charge in [-0.05, 0) is 24.6 Å². The molecule has 0 aliphatic heterocycles. The lowest BCUT2D eigenvalue weighted by Gasteiger charge is -2.18. The lowest BCUT2D eigenvalue weighted by Crippen LogP contribution is -2.28. The maximum Gasteiger partial charge on any atom is 0.333 e. The Balaban J connectivity index is 2.31. The van der Waals surface area contributed by atoms with Crippen LogP contribution in [0.1, 0.15) is 31.1 Å². The normalized spacial score (nSPS) is 13.2. The van der Waals surface area contributed by atoms with Crippen LogP contribution in [0, 0.1) is 0 Å². The topological polar surface area (TPSA) is 85.2 Å². The number of rotatable bonds is 7. The number of esters is 2. The SMILES string of the molecule is CCOC(=O)[C@@H](N=Cc1ccccc1OC(C)=O)C(O)c1ccccc1. The summed E-state index contributed by atoms with van der Waals surface area (Å²) in [5, 5.41) is 10.6. The van der Waals surface area contributed by atoms with Gasteiger partial charge >= 0.3 is 11.9 Å². The zero-order valence-electron chi connectivity index (χ0n) is 14.7. The summed E-state index contributed by atoms with van der Waals surface area (Å²) in [6.07, 6.45) is 0.235. The van der Waals surface area contributed by atoms with E-state index in [-0.39, 0.29) is 6.61 Å². The molecule has 0 amide bonds. The van der Waals surface area contributed by atoms with Crippen LogP contribution in [0.4, 0.5) is 0 Å². The summed E-state index contributed by atoms with van der Waals surface area (Å²) in [5.41, 5.74) is 1.06. The number of nitrogens with zero attached hydrogens (tertiary/aromatic N) is 1. The standard InChI is InChI=1S/C20H21NO5/c1-3-25-20(24)18(19(23)15-9-5-4-6-10-15)21-13-16-11-7-8-12-17(16)26-14(2)22/h4-13,18-19,23H,3H2,1-2H3/t18-,19?/m0/s1. The van der Waals surface area contributed by atoms with Crippen LogP contribution in [-0.2, 0) is 14.3 Å². The van der Waals surface area contributed by atoms with Crippen molar-refractivity contribution < 1.29 is 24.2 Å². The molecule has 6 heteroatoms. The highest BCUT2D eigenvalue weighted by Gasteiger charge is 2.28. The molecule has 6 nitrogen and oxygen atoms in total. The minimum absolute atomic E-state index is 0.177. The summed E-state index contributed by atoms with van der Waals surface area (Å²) < 4.78 is 10.2. The van der Waals surface area contributed by atoms with E-state index in [1.807, 2.05) is 6.07 Å². The van der Waals surface area contributed by atoms with Crippen molar-refractivity contribution in [3.8, 4) is 5.75 Å². The summed E-state index contributed by atoms with van der Waals surface area (Å²) in [5.74, 6) is -0.775. The zero-order valence-corrected chi connectivity index (χ0v) is 14.7. The third-order valence-corrected chi connectivity index (χ3v) is 3.52. The van der Waals surface area contributed by atoms with Crippen molar-refractivity contribution in [2.75, 3.05) is 6.61 Å². The summed E-state index contributed by atoms with van der Waals surface area (Å²) >= 11 is 0. The molecule has 0 radical (unpaired) electrons. The van der Waals surface area contributed by atoms with Gasteiger partial charge in [0.1, 0.15) is 11.9 Å². The molecular formula is C20H21NO5. The van der Waals surface area contributed by atoms with Crippen LogP contribution < -0.4 is 4.74 Å². The fourth-order valence-electron chi connectivity index (χ4n) is 2.33. The molecule has 0 heterocycles. The van der Waals surface area contributed by atoms with Gasteiger partial charge in [-0.1, -0.05) is 42.5 Å². The highest BCUT2D eigenvalue weighted by molar-refractivity contribution is 5.88. The Morgan fingerprint density at radius 3 is 2.42 bits per heavy atom. The number of carbonyl (C=O) groups excluding carboxylic acids is 2. The first-order chi connectivity index (χ1) is 12.5. The number of carbonyl (C=O) groups is 2. The third kappa shape index (κ3) is 5.26. The van der Waals surface area contributed by atoms with Crippen LogP contribution in [0.2, 0.25) is 0 Å². The van der Waals surface area contributed by atoms with Crippen molar-refractivity contribution in [2.24, 2.45) is 4.99 Å². The van der Waals surface area contributed by atoms with Crippen LogP contribution >= 0.6 is 0 Å². The van der Waals surface area contributed by atoms with E-state index in [1.54, 1.807) is 55.5 Å². The van der Waals surface area contributed by atoms with Gasteiger partial charge in [-0.2, -0.15) is 0 Å². The van der Waals surface area contributed by atoms with Gasteiger partial charge in [-0.3, -0.25) is 9.79 Å². The van der Waals surface area contributed by atoms with E-state index in [0.717, 1.165) is 0 Å². The van der Waals surface area contributed by atoms with Crippen molar-refractivity contribution in [1.29, 1.82) is 0 Å². The summed E-state index contributed by atoms with van der Waals surface area (Å²) in [4.78, 5) is 27.7. The molecular weight excluding hydrogens is 334 g/mol. The van der Waals surface area contributed by atoms with E-state index in [1.165, 1.54) is 13.1 Å². The first-order valence-corrected chi connectivity index (χ1v) is 8.23. The van der Waals surface area contributed by atoms with E-state index in [4.69, 9.17) is 9.47 Å². The maximum atomic E-state index is 12.3. The van der Waals surface area contributed by atoms with Crippen molar-refractivity contribution in [2.45, 2.75) is 26.0 Å². The molecule has 2 atom stereocenters. The molecule has 0 fully saturated rings. The number of aliphatic hydroxyl groups is 1. The summed E-state index contributed by atoms with van der Waals surface area (Å²) in [6.45, 7) is 3.16. The molecule has 0 spiro atoms. The number of aliphatic imine (C=N–C) groups is 1. The Kier molecular flexibility index (Phi) is 7.05. The number of ether oxygens (including phenoxy) is 2. The van der Waals surface area contributed by atoms with E-state index in [9.17, 15) is 14.7 Å².